The molecule has 0 heterocycles. The van der Waals surface area contributed by atoms with E-state index in [1.807, 2.05) is 0 Å². The van der Waals surface area contributed by atoms with Crippen molar-refractivity contribution in [3.8, 4) is 11.5 Å². The van der Waals surface area contributed by atoms with Gasteiger partial charge in [0.15, 0.2) is 17.2 Å². The fraction of sp³-hybridized carbons (Fsp3) is 0.385. The van der Waals surface area contributed by atoms with Crippen molar-refractivity contribution >= 4 is 11.7 Å². The lowest BCUT2D eigenvalue weighted by Crippen LogP contribution is -2.19. The summed E-state index contributed by atoms with van der Waals surface area (Å²) in [5.41, 5.74) is 0.600. The van der Waals surface area contributed by atoms with E-state index in [1.54, 1.807) is 25.1 Å². The number of benzene rings is 1. The minimum absolute atomic E-state index is 0.0744. The second-order valence-electron chi connectivity index (χ2n) is 3.41. The Kier molecular flexibility index (Phi) is 5.66. The summed E-state index contributed by atoms with van der Waals surface area (Å²) >= 11 is 0. The van der Waals surface area contributed by atoms with Crippen molar-refractivity contribution in [3.05, 3.63) is 23.8 Å². The largest absolute Gasteiger partial charge is 0.493 e. The number of carbonyl (C=O) groups is 1. The van der Waals surface area contributed by atoms with Crippen molar-refractivity contribution < 1.29 is 23.8 Å². The zero-order valence-electron chi connectivity index (χ0n) is 11.4. The van der Waals surface area contributed by atoms with Gasteiger partial charge in [-0.15, -0.1) is 0 Å². The van der Waals surface area contributed by atoms with Crippen LogP contribution in [-0.2, 0) is 14.4 Å². The van der Waals surface area contributed by atoms with Crippen LogP contribution in [-0.4, -0.2) is 39.6 Å². The summed E-state index contributed by atoms with van der Waals surface area (Å²) in [4.78, 5) is 16.5. The molecule has 104 valence electrons. The molecule has 0 N–H and O–H groups in total. The molecule has 0 unspecified atom stereocenters. The topological polar surface area (TPSA) is 66.4 Å². The van der Waals surface area contributed by atoms with Crippen LogP contribution in [0.1, 0.15) is 12.5 Å². The van der Waals surface area contributed by atoms with Gasteiger partial charge >= 0.3 is 5.97 Å². The van der Waals surface area contributed by atoms with Crippen molar-refractivity contribution in [1.82, 2.24) is 0 Å². The molecule has 0 spiro atoms. The number of ether oxygens (including phenoxy) is 3. The first-order chi connectivity index (χ1) is 9.17. The maximum Gasteiger partial charge on any atom is 0.361 e. The van der Waals surface area contributed by atoms with Crippen LogP contribution in [0.25, 0.3) is 0 Å². The molecule has 0 aliphatic heterocycles. The fourth-order valence-corrected chi connectivity index (χ4v) is 1.48. The molecule has 1 aromatic rings. The van der Waals surface area contributed by atoms with Gasteiger partial charge in [0.1, 0.15) is 7.11 Å². The van der Waals surface area contributed by atoms with Crippen molar-refractivity contribution in [2.75, 3.05) is 27.9 Å². The van der Waals surface area contributed by atoms with Gasteiger partial charge in [0.2, 0.25) is 0 Å². The van der Waals surface area contributed by atoms with E-state index in [9.17, 15) is 4.79 Å². The number of nitrogens with zero attached hydrogens (tertiary/aromatic N) is 1. The Balaban J connectivity index is 3.17. The van der Waals surface area contributed by atoms with E-state index in [0.29, 0.717) is 17.1 Å². The van der Waals surface area contributed by atoms with Crippen LogP contribution in [0.5, 0.6) is 11.5 Å². The highest BCUT2D eigenvalue weighted by Gasteiger charge is 2.18. The van der Waals surface area contributed by atoms with Crippen LogP contribution in [0.3, 0.4) is 0 Å². The normalized spacial score (nSPS) is 10.8. The number of oxime groups is 1. The van der Waals surface area contributed by atoms with Crippen molar-refractivity contribution in [3.63, 3.8) is 0 Å². The summed E-state index contributed by atoms with van der Waals surface area (Å²) in [7, 11) is 4.41. The van der Waals surface area contributed by atoms with Gasteiger partial charge in [-0.3, -0.25) is 0 Å². The Hall–Kier alpha value is -2.24. The van der Waals surface area contributed by atoms with E-state index in [0.717, 1.165) is 0 Å². The average molecular weight is 267 g/mol. The van der Waals surface area contributed by atoms with Gasteiger partial charge in [-0.05, 0) is 25.1 Å². The molecular weight excluding hydrogens is 250 g/mol. The van der Waals surface area contributed by atoms with E-state index in [2.05, 4.69) is 9.99 Å². The molecule has 1 rings (SSSR count). The summed E-state index contributed by atoms with van der Waals surface area (Å²) < 4.78 is 15.2. The van der Waals surface area contributed by atoms with E-state index in [4.69, 9.17) is 14.2 Å². The van der Waals surface area contributed by atoms with Gasteiger partial charge in [0.05, 0.1) is 20.8 Å². The number of hydrogen-bond donors (Lipinski definition) is 0. The minimum Gasteiger partial charge on any atom is -0.493 e. The Morgan fingerprint density at radius 3 is 2.37 bits per heavy atom. The van der Waals surface area contributed by atoms with E-state index >= 15 is 0 Å². The maximum absolute atomic E-state index is 11.8. The van der Waals surface area contributed by atoms with Crippen LogP contribution in [0.4, 0.5) is 0 Å². The van der Waals surface area contributed by atoms with E-state index in [-0.39, 0.29) is 12.3 Å². The molecule has 0 aliphatic rings. The monoisotopic (exact) mass is 267 g/mol. The Bertz CT molecular complexity index is 470. The fourth-order valence-electron chi connectivity index (χ4n) is 1.48. The second-order valence-corrected chi connectivity index (χ2v) is 3.41. The van der Waals surface area contributed by atoms with Crippen LogP contribution >= 0.6 is 0 Å². The predicted molar refractivity (Wildman–Crippen MR) is 69.7 cm³/mol. The molecule has 0 aliphatic carbocycles. The second kappa shape index (κ2) is 7.25. The number of rotatable bonds is 6. The molecule has 6 heteroatoms. The van der Waals surface area contributed by atoms with Crippen LogP contribution in [0.15, 0.2) is 23.4 Å². The summed E-state index contributed by atoms with van der Waals surface area (Å²) in [6.45, 7) is 1.98. The number of hydrogen-bond acceptors (Lipinski definition) is 6. The minimum atomic E-state index is -0.559. The quantitative estimate of drug-likeness (QED) is 0.445. The van der Waals surface area contributed by atoms with Gasteiger partial charge in [0.25, 0.3) is 0 Å². The third-order valence-corrected chi connectivity index (χ3v) is 2.31. The average Bonchev–Trinajstić information content (AvgIpc) is 2.44. The summed E-state index contributed by atoms with van der Waals surface area (Å²) in [6.07, 6.45) is 0. The zero-order valence-corrected chi connectivity index (χ0v) is 11.4. The highest BCUT2D eigenvalue weighted by molar-refractivity contribution is 6.43. The number of esters is 1. The van der Waals surface area contributed by atoms with Crippen LogP contribution in [0, 0.1) is 0 Å². The van der Waals surface area contributed by atoms with Gasteiger partial charge in [-0.1, -0.05) is 5.16 Å². The molecule has 0 saturated carbocycles. The Morgan fingerprint density at radius 1 is 1.16 bits per heavy atom. The Morgan fingerprint density at radius 2 is 1.84 bits per heavy atom. The highest BCUT2D eigenvalue weighted by atomic mass is 16.6. The molecule has 0 bridgehead atoms. The summed E-state index contributed by atoms with van der Waals surface area (Å²) in [6, 6.07) is 4.99. The number of methoxy groups -OCH3 is 2. The van der Waals surface area contributed by atoms with Gasteiger partial charge in [-0.2, -0.15) is 0 Å². The molecule has 0 fully saturated rings. The standard InChI is InChI=1S/C13H17NO5/c1-5-19-13(15)12(14-18-4)9-6-7-10(16-2)11(8-9)17-3/h6-8H,5H2,1-4H3/b14-12-. The molecule has 0 radical (unpaired) electrons. The van der Waals surface area contributed by atoms with Gasteiger partial charge < -0.3 is 19.0 Å². The first kappa shape index (κ1) is 14.8. The van der Waals surface area contributed by atoms with E-state index < -0.39 is 5.97 Å². The summed E-state index contributed by atoms with van der Waals surface area (Å²) in [5.74, 6) is 0.497. The molecule has 0 amide bonds. The van der Waals surface area contributed by atoms with Crippen molar-refractivity contribution in [2.45, 2.75) is 6.92 Å². The van der Waals surface area contributed by atoms with Crippen molar-refractivity contribution in [2.24, 2.45) is 5.16 Å². The first-order valence-corrected chi connectivity index (χ1v) is 5.68. The molecule has 0 aromatic heterocycles. The molecule has 0 saturated heterocycles. The predicted octanol–water partition coefficient (Wildman–Crippen LogP) is 1.62. The highest BCUT2D eigenvalue weighted by Crippen LogP contribution is 2.28. The molecular formula is C13H17NO5. The third kappa shape index (κ3) is 3.61. The zero-order chi connectivity index (χ0) is 14.3. The van der Waals surface area contributed by atoms with E-state index in [1.165, 1.54) is 21.3 Å². The third-order valence-electron chi connectivity index (χ3n) is 2.31. The smallest absolute Gasteiger partial charge is 0.361 e. The molecule has 6 nitrogen and oxygen atoms in total. The lowest BCUT2D eigenvalue weighted by Gasteiger charge is -2.10. The van der Waals surface area contributed by atoms with Crippen LogP contribution in [0.2, 0.25) is 0 Å². The molecule has 1 aromatic carbocycles. The van der Waals surface area contributed by atoms with Crippen LogP contribution < -0.4 is 9.47 Å². The lowest BCUT2D eigenvalue weighted by atomic mass is 10.1. The Labute approximate surface area is 111 Å². The first-order valence-electron chi connectivity index (χ1n) is 5.68. The van der Waals surface area contributed by atoms with Gasteiger partial charge in [-0.25, -0.2) is 4.79 Å². The number of carbonyl (C=O) groups excluding carboxylic acids is 1. The van der Waals surface area contributed by atoms with Gasteiger partial charge in [0, 0.05) is 5.56 Å². The molecule has 19 heavy (non-hydrogen) atoms. The lowest BCUT2D eigenvalue weighted by molar-refractivity contribution is -0.135. The maximum atomic E-state index is 11.8. The molecule has 0 atom stereocenters. The van der Waals surface area contributed by atoms with Crippen molar-refractivity contribution in [1.29, 1.82) is 0 Å². The SMILES string of the molecule is CCOC(=O)/C(=N\OC)c1ccc(OC)c(OC)c1. The summed E-state index contributed by atoms with van der Waals surface area (Å²) in [5, 5.41) is 3.69.